The van der Waals surface area contributed by atoms with E-state index in [1.54, 1.807) is 0 Å². The van der Waals surface area contributed by atoms with E-state index >= 15 is 0 Å². The second kappa shape index (κ2) is 6.59. The van der Waals surface area contributed by atoms with Crippen LogP contribution >= 0.6 is 0 Å². The maximum atomic E-state index is 12.7. The third kappa shape index (κ3) is 2.99. The first-order valence-corrected chi connectivity index (χ1v) is 8.21. The van der Waals surface area contributed by atoms with E-state index in [0.717, 1.165) is 31.6 Å². The molecule has 2 rings (SSSR count). The minimum atomic E-state index is -0.297. The molecule has 20 heavy (non-hydrogen) atoms. The lowest BCUT2D eigenvalue weighted by Gasteiger charge is -2.45. The number of nitrogens with one attached hydrogen (secondary N) is 1. The van der Waals surface area contributed by atoms with Crippen molar-refractivity contribution in [2.45, 2.75) is 83.8 Å². The molecule has 1 saturated heterocycles. The van der Waals surface area contributed by atoms with E-state index in [1.165, 1.54) is 12.8 Å². The Morgan fingerprint density at radius 1 is 1.15 bits per heavy atom. The number of hydrogen-bond acceptors (Lipinski definition) is 2. The summed E-state index contributed by atoms with van der Waals surface area (Å²) in [6.45, 7) is 6.33. The molecule has 4 nitrogen and oxygen atoms in total. The summed E-state index contributed by atoms with van der Waals surface area (Å²) in [5, 5.41) is 2.92. The van der Waals surface area contributed by atoms with Crippen molar-refractivity contribution in [1.29, 1.82) is 0 Å². The van der Waals surface area contributed by atoms with Gasteiger partial charge in [0.2, 0.25) is 11.8 Å². The van der Waals surface area contributed by atoms with Gasteiger partial charge in [0.15, 0.2) is 0 Å². The zero-order chi connectivity index (χ0) is 14.7. The number of carbonyl (C=O) groups is 2. The summed E-state index contributed by atoms with van der Waals surface area (Å²) in [6.07, 6.45) is 6.83. The summed E-state index contributed by atoms with van der Waals surface area (Å²) in [4.78, 5) is 26.9. The van der Waals surface area contributed by atoms with Crippen LogP contribution in [0.4, 0.5) is 0 Å². The molecule has 0 radical (unpaired) electrons. The number of nitrogens with zero attached hydrogens (tertiary/aromatic N) is 1. The Morgan fingerprint density at radius 3 is 2.35 bits per heavy atom. The predicted octanol–water partition coefficient (Wildman–Crippen LogP) is 2.47. The van der Waals surface area contributed by atoms with Gasteiger partial charge < -0.3 is 10.2 Å². The van der Waals surface area contributed by atoms with Crippen molar-refractivity contribution in [3.05, 3.63) is 0 Å². The Balaban J connectivity index is 2.15. The fraction of sp³-hybridized carbons (Fsp3) is 0.875. The molecule has 0 aromatic heterocycles. The highest BCUT2D eigenvalue weighted by Crippen LogP contribution is 2.30. The average molecular weight is 280 g/mol. The van der Waals surface area contributed by atoms with Gasteiger partial charge in [0.25, 0.3) is 0 Å². The zero-order valence-electron chi connectivity index (χ0n) is 13.0. The zero-order valence-corrected chi connectivity index (χ0v) is 13.0. The van der Waals surface area contributed by atoms with Crippen LogP contribution in [0.15, 0.2) is 0 Å². The predicted molar refractivity (Wildman–Crippen MR) is 79.2 cm³/mol. The standard InChI is InChI=1S/C16H28N2O2/c1-4-6-13-16(20)18(14(5-2)15(19)17-13)12-9-7-11(3)8-10-12/h11-14H,4-10H2,1-3H3,(H,17,19). The van der Waals surface area contributed by atoms with Crippen LogP contribution in [0.1, 0.15) is 65.7 Å². The Morgan fingerprint density at radius 2 is 1.80 bits per heavy atom. The van der Waals surface area contributed by atoms with Crippen molar-refractivity contribution in [1.82, 2.24) is 10.2 Å². The molecular formula is C16H28N2O2. The minimum absolute atomic E-state index is 0.0455. The van der Waals surface area contributed by atoms with E-state index in [0.29, 0.717) is 6.42 Å². The van der Waals surface area contributed by atoms with E-state index in [4.69, 9.17) is 0 Å². The van der Waals surface area contributed by atoms with Crippen LogP contribution in [0.2, 0.25) is 0 Å². The number of hydrogen-bond donors (Lipinski definition) is 1. The highest BCUT2D eigenvalue weighted by atomic mass is 16.2. The largest absolute Gasteiger partial charge is 0.343 e. The Bertz CT molecular complexity index is 361. The number of rotatable bonds is 4. The van der Waals surface area contributed by atoms with Gasteiger partial charge in [-0.25, -0.2) is 0 Å². The van der Waals surface area contributed by atoms with Crippen molar-refractivity contribution < 1.29 is 9.59 Å². The molecule has 114 valence electrons. The van der Waals surface area contributed by atoms with Gasteiger partial charge in [0.1, 0.15) is 12.1 Å². The summed E-state index contributed by atoms with van der Waals surface area (Å²) in [6, 6.07) is -0.280. The van der Waals surface area contributed by atoms with E-state index < -0.39 is 0 Å². The van der Waals surface area contributed by atoms with Crippen molar-refractivity contribution in [3.8, 4) is 0 Å². The molecule has 2 unspecified atom stereocenters. The van der Waals surface area contributed by atoms with Crippen LogP contribution in [0, 0.1) is 5.92 Å². The fourth-order valence-corrected chi connectivity index (χ4v) is 3.61. The summed E-state index contributed by atoms with van der Waals surface area (Å²) in [7, 11) is 0. The monoisotopic (exact) mass is 280 g/mol. The molecule has 1 saturated carbocycles. The minimum Gasteiger partial charge on any atom is -0.343 e. The van der Waals surface area contributed by atoms with Gasteiger partial charge in [-0.05, 0) is 44.4 Å². The maximum absolute atomic E-state index is 12.7. The fourth-order valence-electron chi connectivity index (χ4n) is 3.61. The van der Waals surface area contributed by atoms with Crippen LogP contribution in [-0.4, -0.2) is 34.8 Å². The maximum Gasteiger partial charge on any atom is 0.246 e. The van der Waals surface area contributed by atoms with Crippen LogP contribution in [0.25, 0.3) is 0 Å². The van der Waals surface area contributed by atoms with Crippen molar-refractivity contribution >= 4 is 11.8 Å². The Labute approximate surface area is 122 Å². The quantitative estimate of drug-likeness (QED) is 0.860. The molecule has 1 aliphatic heterocycles. The topological polar surface area (TPSA) is 49.4 Å². The van der Waals surface area contributed by atoms with Crippen molar-refractivity contribution in [2.75, 3.05) is 0 Å². The molecule has 0 spiro atoms. The van der Waals surface area contributed by atoms with Crippen molar-refractivity contribution in [2.24, 2.45) is 5.92 Å². The third-order valence-electron chi connectivity index (χ3n) is 4.85. The lowest BCUT2D eigenvalue weighted by atomic mass is 9.85. The molecule has 0 aromatic rings. The van der Waals surface area contributed by atoms with Crippen LogP contribution in [0.5, 0.6) is 0 Å². The van der Waals surface area contributed by atoms with E-state index in [-0.39, 0.29) is 29.9 Å². The number of piperazine rings is 1. The third-order valence-corrected chi connectivity index (χ3v) is 4.85. The molecular weight excluding hydrogens is 252 g/mol. The Hall–Kier alpha value is -1.06. The van der Waals surface area contributed by atoms with Crippen LogP contribution in [-0.2, 0) is 9.59 Å². The van der Waals surface area contributed by atoms with Gasteiger partial charge in [-0.3, -0.25) is 9.59 Å². The van der Waals surface area contributed by atoms with Gasteiger partial charge in [0, 0.05) is 6.04 Å². The molecule has 1 aliphatic carbocycles. The van der Waals surface area contributed by atoms with Crippen molar-refractivity contribution in [3.63, 3.8) is 0 Å². The summed E-state index contributed by atoms with van der Waals surface area (Å²) in [5.74, 6) is 0.952. The lowest BCUT2D eigenvalue weighted by molar-refractivity contribution is -0.153. The molecule has 1 heterocycles. The summed E-state index contributed by atoms with van der Waals surface area (Å²) in [5.41, 5.74) is 0. The van der Waals surface area contributed by atoms with Gasteiger partial charge >= 0.3 is 0 Å². The van der Waals surface area contributed by atoms with Gasteiger partial charge in [-0.2, -0.15) is 0 Å². The molecule has 2 atom stereocenters. The lowest BCUT2D eigenvalue weighted by Crippen LogP contribution is -2.65. The second-order valence-electron chi connectivity index (χ2n) is 6.43. The molecule has 0 aromatic carbocycles. The molecule has 0 bridgehead atoms. The number of carbonyl (C=O) groups excluding carboxylic acids is 2. The first kappa shape index (κ1) is 15.3. The first-order valence-electron chi connectivity index (χ1n) is 8.21. The average Bonchev–Trinajstić information content (AvgIpc) is 2.43. The number of amides is 2. The Kier molecular flexibility index (Phi) is 5.06. The highest BCUT2D eigenvalue weighted by Gasteiger charge is 2.42. The molecule has 4 heteroatoms. The SMILES string of the molecule is CCCC1NC(=O)C(CC)N(C2CCC(C)CC2)C1=O. The van der Waals surface area contributed by atoms with Crippen LogP contribution < -0.4 is 5.32 Å². The highest BCUT2D eigenvalue weighted by molar-refractivity contribution is 5.97. The summed E-state index contributed by atoms with van der Waals surface area (Å²) >= 11 is 0. The first-order chi connectivity index (χ1) is 9.58. The smallest absolute Gasteiger partial charge is 0.246 e. The van der Waals surface area contributed by atoms with E-state index in [2.05, 4.69) is 19.2 Å². The van der Waals surface area contributed by atoms with Crippen LogP contribution in [0.3, 0.4) is 0 Å². The van der Waals surface area contributed by atoms with E-state index in [9.17, 15) is 9.59 Å². The summed E-state index contributed by atoms with van der Waals surface area (Å²) < 4.78 is 0. The van der Waals surface area contributed by atoms with Gasteiger partial charge in [0.05, 0.1) is 0 Å². The van der Waals surface area contributed by atoms with E-state index in [1.807, 2.05) is 11.8 Å². The van der Waals surface area contributed by atoms with Gasteiger partial charge in [-0.15, -0.1) is 0 Å². The molecule has 2 aliphatic rings. The molecule has 2 amide bonds. The normalized spacial score (nSPS) is 35.0. The van der Waals surface area contributed by atoms with Gasteiger partial charge in [-0.1, -0.05) is 27.2 Å². The molecule has 1 N–H and O–H groups in total. The molecule has 2 fully saturated rings. The second-order valence-corrected chi connectivity index (χ2v) is 6.43.